The van der Waals surface area contributed by atoms with E-state index < -0.39 is 0 Å². The van der Waals surface area contributed by atoms with E-state index in [-0.39, 0.29) is 11.7 Å². The molecule has 1 aromatic rings. The number of aromatic nitrogens is 1. The van der Waals surface area contributed by atoms with Crippen molar-refractivity contribution in [2.75, 3.05) is 0 Å². The summed E-state index contributed by atoms with van der Waals surface area (Å²) in [6.45, 7) is 7.64. The van der Waals surface area contributed by atoms with Gasteiger partial charge in [0.05, 0.1) is 11.6 Å². The number of aryl methyl sites for hydroxylation is 2. The van der Waals surface area contributed by atoms with Crippen LogP contribution in [0.15, 0.2) is 11.1 Å². The van der Waals surface area contributed by atoms with Crippen molar-refractivity contribution in [3.05, 3.63) is 23.0 Å². The van der Waals surface area contributed by atoms with Crippen LogP contribution in [0.25, 0.3) is 0 Å². The second kappa shape index (κ2) is 3.26. The van der Waals surface area contributed by atoms with E-state index in [0.717, 1.165) is 22.7 Å². The molecule has 1 aromatic heterocycles. The standard InChI is InChI=1S/C12H14N2O/c1-6-5-7(2)13-11-10(6)14-9(4)8(3)12(11)15/h5,8H,1-4H3. The summed E-state index contributed by atoms with van der Waals surface area (Å²) in [4.78, 5) is 20.7. The molecule has 0 amide bonds. The van der Waals surface area contributed by atoms with Crippen molar-refractivity contribution >= 4 is 17.2 Å². The fourth-order valence-electron chi connectivity index (χ4n) is 1.81. The number of pyridine rings is 1. The summed E-state index contributed by atoms with van der Waals surface area (Å²) >= 11 is 0. The normalized spacial score (nSPS) is 19.9. The fraction of sp³-hybridized carbons (Fsp3) is 0.417. The largest absolute Gasteiger partial charge is 0.292 e. The number of carbonyl (C=O) groups is 1. The Balaban J connectivity index is 2.72. The lowest BCUT2D eigenvalue weighted by molar-refractivity contribution is 0.0955. The van der Waals surface area contributed by atoms with Gasteiger partial charge in [0.25, 0.3) is 0 Å². The van der Waals surface area contributed by atoms with Gasteiger partial charge in [0.2, 0.25) is 0 Å². The molecule has 1 aliphatic rings. The van der Waals surface area contributed by atoms with Crippen LogP contribution in [-0.4, -0.2) is 16.5 Å². The highest BCUT2D eigenvalue weighted by molar-refractivity contribution is 6.16. The van der Waals surface area contributed by atoms with Crippen LogP contribution in [0.4, 0.5) is 5.69 Å². The predicted octanol–water partition coefficient (Wildman–Crippen LogP) is 2.62. The van der Waals surface area contributed by atoms with Crippen LogP contribution in [0.1, 0.15) is 35.6 Å². The number of nitrogens with zero attached hydrogens (tertiary/aromatic N) is 2. The van der Waals surface area contributed by atoms with Gasteiger partial charge < -0.3 is 0 Å². The molecule has 0 radical (unpaired) electrons. The average Bonchev–Trinajstić information content (AvgIpc) is 2.17. The van der Waals surface area contributed by atoms with Crippen molar-refractivity contribution in [3.8, 4) is 0 Å². The first kappa shape index (κ1) is 10.0. The molecule has 0 fully saturated rings. The van der Waals surface area contributed by atoms with Crippen LogP contribution in [0.2, 0.25) is 0 Å². The Kier molecular flexibility index (Phi) is 2.18. The first-order chi connectivity index (χ1) is 7.00. The number of fused-ring (bicyclic) bond motifs is 1. The van der Waals surface area contributed by atoms with E-state index in [4.69, 9.17) is 0 Å². The molecular formula is C12H14N2O. The molecule has 2 rings (SSSR count). The van der Waals surface area contributed by atoms with Crippen LogP contribution in [0.3, 0.4) is 0 Å². The quantitative estimate of drug-likeness (QED) is 0.649. The molecular weight excluding hydrogens is 188 g/mol. The molecule has 1 atom stereocenters. The highest BCUT2D eigenvalue weighted by atomic mass is 16.1. The highest BCUT2D eigenvalue weighted by Gasteiger charge is 2.27. The second-order valence-electron chi connectivity index (χ2n) is 4.12. The van der Waals surface area contributed by atoms with Crippen LogP contribution < -0.4 is 0 Å². The summed E-state index contributed by atoms with van der Waals surface area (Å²) in [7, 11) is 0. The van der Waals surface area contributed by atoms with Gasteiger partial charge in [0, 0.05) is 11.4 Å². The summed E-state index contributed by atoms with van der Waals surface area (Å²) in [5.74, 6) is -0.0458. The van der Waals surface area contributed by atoms with Crippen molar-refractivity contribution in [2.45, 2.75) is 27.7 Å². The zero-order valence-corrected chi connectivity index (χ0v) is 9.46. The van der Waals surface area contributed by atoms with E-state index >= 15 is 0 Å². The molecule has 0 bridgehead atoms. The summed E-state index contributed by atoms with van der Waals surface area (Å²) < 4.78 is 0. The van der Waals surface area contributed by atoms with Gasteiger partial charge in [-0.15, -0.1) is 0 Å². The van der Waals surface area contributed by atoms with Gasteiger partial charge in [0.15, 0.2) is 5.78 Å². The number of rotatable bonds is 0. The van der Waals surface area contributed by atoms with E-state index in [9.17, 15) is 4.79 Å². The van der Waals surface area contributed by atoms with E-state index in [0.29, 0.717) is 5.69 Å². The van der Waals surface area contributed by atoms with Gasteiger partial charge in [-0.25, -0.2) is 4.98 Å². The minimum absolute atomic E-state index is 0.0873. The topological polar surface area (TPSA) is 42.3 Å². The van der Waals surface area contributed by atoms with E-state index in [1.54, 1.807) is 0 Å². The lowest BCUT2D eigenvalue weighted by atomic mass is 9.93. The van der Waals surface area contributed by atoms with E-state index in [2.05, 4.69) is 9.98 Å². The molecule has 0 N–H and O–H groups in total. The van der Waals surface area contributed by atoms with Crippen molar-refractivity contribution < 1.29 is 4.79 Å². The van der Waals surface area contributed by atoms with Gasteiger partial charge in [-0.1, -0.05) is 0 Å². The molecule has 1 aliphatic heterocycles. The zero-order valence-electron chi connectivity index (χ0n) is 9.46. The fourth-order valence-corrected chi connectivity index (χ4v) is 1.81. The van der Waals surface area contributed by atoms with Gasteiger partial charge >= 0.3 is 0 Å². The Morgan fingerprint density at radius 1 is 1.27 bits per heavy atom. The monoisotopic (exact) mass is 202 g/mol. The molecule has 15 heavy (non-hydrogen) atoms. The molecule has 1 unspecified atom stereocenters. The summed E-state index contributed by atoms with van der Waals surface area (Å²) in [6, 6.07) is 1.96. The van der Waals surface area contributed by atoms with Crippen LogP contribution >= 0.6 is 0 Å². The predicted molar refractivity (Wildman–Crippen MR) is 60.0 cm³/mol. The Bertz CT molecular complexity index is 475. The van der Waals surface area contributed by atoms with Crippen molar-refractivity contribution in [1.29, 1.82) is 0 Å². The number of carbonyl (C=O) groups excluding carboxylic acids is 1. The molecule has 3 heteroatoms. The van der Waals surface area contributed by atoms with Crippen molar-refractivity contribution in [3.63, 3.8) is 0 Å². The van der Waals surface area contributed by atoms with Gasteiger partial charge in [-0.3, -0.25) is 9.79 Å². The Labute approximate surface area is 89.3 Å². The Morgan fingerprint density at radius 3 is 2.60 bits per heavy atom. The maximum atomic E-state index is 12.0. The number of hydrogen-bond acceptors (Lipinski definition) is 3. The minimum Gasteiger partial charge on any atom is -0.292 e. The van der Waals surface area contributed by atoms with Gasteiger partial charge in [-0.2, -0.15) is 0 Å². The zero-order chi connectivity index (χ0) is 11.2. The maximum Gasteiger partial charge on any atom is 0.191 e. The molecule has 0 saturated carbocycles. The van der Waals surface area contributed by atoms with Gasteiger partial charge in [-0.05, 0) is 39.3 Å². The minimum atomic E-state index is -0.133. The van der Waals surface area contributed by atoms with Crippen LogP contribution in [0.5, 0.6) is 0 Å². The number of ketones is 1. The van der Waals surface area contributed by atoms with Crippen LogP contribution in [0, 0.1) is 19.8 Å². The SMILES string of the molecule is CC1=Nc2c(C)cc(C)nc2C(=O)C1C. The van der Waals surface area contributed by atoms with E-state index in [1.165, 1.54) is 0 Å². The second-order valence-corrected chi connectivity index (χ2v) is 4.12. The summed E-state index contributed by atoms with van der Waals surface area (Å²) in [6.07, 6.45) is 0. The first-order valence-corrected chi connectivity index (χ1v) is 5.08. The smallest absolute Gasteiger partial charge is 0.191 e. The Morgan fingerprint density at radius 2 is 1.93 bits per heavy atom. The van der Waals surface area contributed by atoms with Crippen molar-refractivity contribution in [2.24, 2.45) is 10.9 Å². The molecule has 3 nitrogen and oxygen atoms in total. The Hall–Kier alpha value is -1.51. The molecule has 78 valence electrons. The average molecular weight is 202 g/mol. The summed E-state index contributed by atoms with van der Waals surface area (Å²) in [5, 5.41) is 0. The molecule has 0 aliphatic carbocycles. The first-order valence-electron chi connectivity index (χ1n) is 5.08. The molecule has 0 aromatic carbocycles. The highest BCUT2D eigenvalue weighted by Crippen LogP contribution is 2.30. The third-order valence-electron chi connectivity index (χ3n) is 2.85. The number of aliphatic imine (C=N–C) groups is 1. The molecule has 0 saturated heterocycles. The van der Waals surface area contributed by atoms with Crippen molar-refractivity contribution in [1.82, 2.24) is 4.98 Å². The number of Topliss-reactive ketones (excluding diaryl/α,β-unsaturated/α-hetero) is 1. The lowest BCUT2D eigenvalue weighted by Gasteiger charge is -2.19. The molecule has 2 heterocycles. The third-order valence-corrected chi connectivity index (χ3v) is 2.85. The maximum absolute atomic E-state index is 12.0. The summed E-state index contributed by atoms with van der Waals surface area (Å²) in [5.41, 5.74) is 4.06. The van der Waals surface area contributed by atoms with Crippen LogP contribution in [-0.2, 0) is 0 Å². The molecule has 0 spiro atoms. The third kappa shape index (κ3) is 1.48. The number of hydrogen-bond donors (Lipinski definition) is 0. The van der Waals surface area contributed by atoms with Gasteiger partial charge in [0.1, 0.15) is 5.69 Å². The lowest BCUT2D eigenvalue weighted by Crippen LogP contribution is -2.24. The van der Waals surface area contributed by atoms with E-state index in [1.807, 2.05) is 33.8 Å².